The largest absolute Gasteiger partial charge is 0.490 e. The van der Waals surface area contributed by atoms with Crippen LogP contribution in [-0.4, -0.2) is 50.3 Å². The zero-order valence-electron chi connectivity index (χ0n) is 40.5. The van der Waals surface area contributed by atoms with Gasteiger partial charge in [0.25, 0.3) is 0 Å². The van der Waals surface area contributed by atoms with Crippen molar-refractivity contribution in [1.82, 2.24) is 0 Å². The Kier molecular flexibility index (Phi) is 14.6. The smallest absolute Gasteiger partial charge is 0.323 e. The van der Waals surface area contributed by atoms with Crippen LogP contribution in [-0.2, 0) is 50.3 Å². The van der Waals surface area contributed by atoms with Crippen LogP contribution in [0.2, 0.25) is 0 Å². The van der Waals surface area contributed by atoms with Gasteiger partial charge in [-0.15, -0.1) is 0 Å². The van der Waals surface area contributed by atoms with Gasteiger partial charge in [0.2, 0.25) is 0 Å². The first-order valence-corrected chi connectivity index (χ1v) is 23.0. The zero-order valence-corrected chi connectivity index (χ0v) is 40.5. The highest BCUT2D eigenvalue weighted by Gasteiger charge is 2.41. The highest BCUT2D eigenvalue weighted by atomic mass is 16.6. The molecule has 2 unspecified atom stereocenters. The molecule has 0 spiro atoms. The van der Waals surface area contributed by atoms with E-state index in [-0.39, 0.29) is 84.8 Å². The molecule has 4 aromatic carbocycles. The lowest BCUT2D eigenvalue weighted by Crippen LogP contribution is -2.17. The number of esters is 4. The first-order chi connectivity index (χ1) is 30.4. The summed E-state index contributed by atoms with van der Waals surface area (Å²) >= 11 is 0. The van der Waals surface area contributed by atoms with Crippen LogP contribution in [0.25, 0.3) is 0 Å². The highest BCUT2D eigenvalue weighted by Crippen LogP contribution is 2.49. The van der Waals surface area contributed by atoms with Gasteiger partial charge in [0.1, 0.15) is 61.3 Å². The van der Waals surface area contributed by atoms with Crippen molar-refractivity contribution in [1.29, 1.82) is 0 Å². The van der Waals surface area contributed by atoms with E-state index in [0.717, 1.165) is 44.5 Å². The minimum atomic E-state index is -0.524. The van der Waals surface area contributed by atoms with Gasteiger partial charge < -0.3 is 28.4 Å². The summed E-state index contributed by atoms with van der Waals surface area (Å²) in [5.74, 6) is 0.268. The molecule has 10 heteroatoms. The molecule has 2 heterocycles. The second kappa shape index (κ2) is 19.4. The van der Waals surface area contributed by atoms with Crippen molar-refractivity contribution in [2.45, 2.75) is 149 Å². The quantitative estimate of drug-likeness (QED) is 0.0610. The van der Waals surface area contributed by atoms with Crippen molar-refractivity contribution in [3.8, 4) is 23.0 Å². The highest BCUT2D eigenvalue weighted by molar-refractivity contribution is 5.91. The van der Waals surface area contributed by atoms with E-state index in [1.54, 1.807) is 0 Å². The number of hydrogen-bond donors (Lipinski definition) is 0. The van der Waals surface area contributed by atoms with Crippen molar-refractivity contribution >= 4 is 23.9 Å². The molecule has 0 saturated heterocycles. The number of fused-ring (bicyclic) bond motifs is 2. The van der Waals surface area contributed by atoms with Crippen molar-refractivity contribution < 1.29 is 47.6 Å². The second-order valence-corrected chi connectivity index (χ2v) is 21.4. The van der Waals surface area contributed by atoms with Gasteiger partial charge in [0.15, 0.2) is 0 Å². The van der Waals surface area contributed by atoms with E-state index in [1.165, 1.54) is 0 Å². The summed E-state index contributed by atoms with van der Waals surface area (Å²) in [5.41, 5.74) is 7.20. The Morgan fingerprint density at radius 1 is 0.477 bits per heavy atom. The van der Waals surface area contributed by atoms with E-state index in [0.29, 0.717) is 42.3 Å². The van der Waals surface area contributed by atoms with E-state index in [9.17, 15) is 19.2 Å². The SMILES string of the molecule is CC(C)(C)c1cc2c(c(C(C)(C)C)c1)OC(=O)C2c1ccc(OCCOC(=O)CCCCCC(=O)OCCOc2ccc(C3C(=O)Oc4c3cc(C(C)(C)C)cc4C(C)(C)C)cc2)cc1. The Labute approximate surface area is 385 Å². The maximum absolute atomic E-state index is 13.2. The molecule has 0 bridgehead atoms. The summed E-state index contributed by atoms with van der Waals surface area (Å²) in [6.45, 7) is 26.4. The van der Waals surface area contributed by atoms with E-state index in [4.69, 9.17) is 28.4 Å². The summed E-state index contributed by atoms with van der Waals surface area (Å²) in [6, 6.07) is 23.3. The molecule has 0 radical (unpaired) electrons. The predicted octanol–water partition coefficient (Wildman–Crippen LogP) is 11.5. The molecular formula is C55H68O10. The van der Waals surface area contributed by atoms with E-state index in [1.807, 2.05) is 48.5 Å². The Morgan fingerprint density at radius 3 is 1.15 bits per heavy atom. The number of carbonyl (C=O) groups excluding carboxylic acids is 4. The van der Waals surface area contributed by atoms with Crippen molar-refractivity contribution in [3.63, 3.8) is 0 Å². The third-order valence-electron chi connectivity index (χ3n) is 12.0. The van der Waals surface area contributed by atoms with Gasteiger partial charge in [-0.05, 0) is 81.0 Å². The third-order valence-corrected chi connectivity index (χ3v) is 12.0. The Morgan fingerprint density at radius 2 is 0.831 bits per heavy atom. The number of carbonyl (C=O) groups is 4. The average Bonchev–Trinajstić information content (AvgIpc) is 3.74. The minimum absolute atomic E-state index is 0.0973. The number of benzene rings is 4. The van der Waals surface area contributed by atoms with Gasteiger partial charge in [-0.25, -0.2) is 0 Å². The summed E-state index contributed by atoms with van der Waals surface area (Å²) in [7, 11) is 0. The number of rotatable bonds is 16. The first-order valence-electron chi connectivity index (χ1n) is 23.0. The van der Waals surface area contributed by atoms with Crippen LogP contribution in [0.3, 0.4) is 0 Å². The molecule has 0 aromatic heterocycles. The van der Waals surface area contributed by atoms with Crippen LogP contribution >= 0.6 is 0 Å². The summed E-state index contributed by atoms with van der Waals surface area (Å²) in [5, 5.41) is 0. The monoisotopic (exact) mass is 888 g/mol. The van der Waals surface area contributed by atoms with Crippen molar-refractivity contribution in [2.24, 2.45) is 0 Å². The maximum atomic E-state index is 13.2. The van der Waals surface area contributed by atoms with Crippen LogP contribution in [0.1, 0.15) is 172 Å². The van der Waals surface area contributed by atoms with Gasteiger partial charge in [0, 0.05) is 35.1 Å². The molecule has 0 aliphatic carbocycles. The van der Waals surface area contributed by atoms with Crippen LogP contribution in [0.5, 0.6) is 23.0 Å². The third kappa shape index (κ3) is 12.0. The molecule has 10 nitrogen and oxygen atoms in total. The molecule has 65 heavy (non-hydrogen) atoms. The molecule has 0 N–H and O–H groups in total. The summed E-state index contributed by atoms with van der Waals surface area (Å²) in [6.07, 6.45) is 2.35. The number of unbranched alkanes of at least 4 members (excludes halogenated alkanes) is 2. The summed E-state index contributed by atoms with van der Waals surface area (Å²) in [4.78, 5) is 51.1. The molecule has 0 saturated carbocycles. The first kappa shape index (κ1) is 48.8. The Bertz CT molecular complexity index is 2200. The fourth-order valence-electron chi connectivity index (χ4n) is 8.15. The van der Waals surface area contributed by atoms with Gasteiger partial charge in [-0.1, -0.05) is 138 Å². The van der Waals surface area contributed by atoms with Crippen LogP contribution in [0, 0.1) is 0 Å². The fraction of sp³-hybridized carbons (Fsp3) is 0.491. The molecule has 348 valence electrons. The normalized spacial score (nSPS) is 16.1. The second-order valence-electron chi connectivity index (χ2n) is 21.4. The van der Waals surface area contributed by atoms with Crippen molar-refractivity contribution in [3.05, 3.63) is 117 Å². The van der Waals surface area contributed by atoms with Crippen LogP contribution in [0.15, 0.2) is 72.8 Å². The average molecular weight is 889 g/mol. The molecule has 6 rings (SSSR count). The Balaban J connectivity index is 0.855. The lowest BCUT2D eigenvalue weighted by Gasteiger charge is -2.27. The molecule has 0 amide bonds. The number of ether oxygens (including phenoxy) is 6. The molecule has 4 aromatic rings. The Hall–Kier alpha value is -5.64. The topological polar surface area (TPSA) is 124 Å². The van der Waals surface area contributed by atoms with Gasteiger partial charge in [0.05, 0.1) is 0 Å². The van der Waals surface area contributed by atoms with Gasteiger partial charge in [-0.2, -0.15) is 0 Å². The molecule has 2 aliphatic heterocycles. The van der Waals surface area contributed by atoms with E-state index in [2.05, 4.69) is 107 Å². The van der Waals surface area contributed by atoms with Crippen LogP contribution < -0.4 is 18.9 Å². The molecule has 2 aliphatic rings. The van der Waals surface area contributed by atoms with E-state index < -0.39 is 11.8 Å². The molecule has 0 fully saturated rings. The fourth-order valence-corrected chi connectivity index (χ4v) is 8.15. The standard InChI is InChI=1S/C55H68O10/c1-52(2,3)36-30-40-46(50(58)64-48(40)42(32-36)54(7,8)9)34-18-22-38(23-19-34)60-26-28-62-44(56)16-14-13-15-17-45(57)63-29-27-61-39-24-20-35(21-25-39)47-41-31-37(53(4,5)6)33-43(55(10,11)12)49(41)65-51(47)59/h18-25,30-33,46-47H,13-17,26-29H2,1-12H3. The van der Waals surface area contributed by atoms with Crippen LogP contribution in [0.4, 0.5) is 0 Å². The lowest BCUT2D eigenvalue weighted by atomic mass is 9.77. The number of hydrogen-bond acceptors (Lipinski definition) is 10. The predicted molar refractivity (Wildman–Crippen MR) is 252 cm³/mol. The molecule has 2 atom stereocenters. The van der Waals surface area contributed by atoms with Gasteiger partial charge in [-0.3, -0.25) is 19.2 Å². The lowest BCUT2D eigenvalue weighted by molar-refractivity contribution is -0.144. The van der Waals surface area contributed by atoms with Gasteiger partial charge >= 0.3 is 23.9 Å². The minimum Gasteiger partial charge on any atom is -0.490 e. The molecular weight excluding hydrogens is 821 g/mol. The van der Waals surface area contributed by atoms with Crippen molar-refractivity contribution in [2.75, 3.05) is 26.4 Å². The van der Waals surface area contributed by atoms with E-state index >= 15 is 0 Å². The maximum Gasteiger partial charge on any atom is 0.323 e. The zero-order chi connectivity index (χ0) is 47.5. The summed E-state index contributed by atoms with van der Waals surface area (Å²) < 4.78 is 34.2.